The highest BCUT2D eigenvalue weighted by atomic mass is 35.5. The van der Waals surface area contributed by atoms with E-state index in [0.717, 1.165) is 4.90 Å². The Morgan fingerprint density at radius 3 is 2.38 bits per heavy atom. The molecule has 3 aromatic rings. The summed E-state index contributed by atoms with van der Waals surface area (Å²) in [6.45, 7) is 1.17. The van der Waals surface area contributed by atoms with Gasteiger partial charge in [-0.1, -0.05) is 41.9 Å². The number of halogens is 1. The van der Waals surface area contributed by atoms with Gasteiger partial charge in [0.2, 0.25) is 5.91 Å². The van der Waals surface area contributed by atoms with E-state index < -0.39 is 29.9 Å². The Labute approximate surface area is 189 Å². The normalized spacial score (nSPS) is 17.8. The summed E-state index contributed by atoms with van der Waals surface area (Å²) in [7, 11) is 0. The summed E-state index contributed by atoms with van der Waals surface area (Å²) >= 11 is 6.03. The number of nitrogens with one attached hydrogen (secondary N) is 2. The zero-order valence-electron chi connectivity index (χ0n) is 17.2. The van der Waals surface area contributed by atoms with Crippen molar-refractivity contribution in [3.05, 3.63) is 89.4 Å². The summed E-state index contributed by atoms with van der Waals surface area (Å²) in [6, 6.07) is 22.2. The number of benzene rings is 3. The van der Waals surface area contributed by atoms with Crippen LogP contribution in [0.25, 0.3) is 0 Å². The number of anilines is 1. The topological polar surface area (TPSA) is 87.7 Å². The predicted molar refractivity (Wildman–Crippen MR) is 121 cm³/mol. The number of hydrogen-bond acceptors (Lipinski definition) is 4. The van der Waals surface area contributed by atoms with Crippen molar-refractivity contribution in [2.24, 2.45) is 0 Å². The van der Waals surface area contributed by atoms with E-state index in [1.54, 1.807) is 55.5 Å². The number of ether oxygens (including phenoxy) is 1. The van der Waals surface area contributed by atoms with Crippen molar-refractivity contribution < 1.29 is 19.1 Å². The molecule has 1 saturated heterocycles. The van der Waals surface area contributed by atoms with Gasteiger partial charge in [0.05, 0.1) is 0 Å². The fraction of sp³-hybridized carbons (Fsp3) is 0.125. The van der Waals surface area contributed by atoms with Crippen molar-refractivity contribution in [1.82, 2.24) is 10.2 Å². The van der Waals surface area contributed by atoms with Crippen LogP contribution in [-0.2, 0) is 15.1 Å². The van der Waals surface area contributed by atoms with E-state index in [9.17, 15) is 14.4 Å². The Kier molecular flexibility index (Phi) is 5.83. The summed E-state index contributed by atoms with van der Waals surface area (Å²) in [5.41, 5.74) is -0.237. The standard InChI is InChI=1S/C24H20ClN3O4/c1-24(16-6-5-7-17(25)14-16)22(30)28(23(31)27-24)15-21(29)26-18-10-12-20(13-11-18)32-19-8-3-2-4-9-19/h2-14H,15H2,1H3,(H,26,29)(H,27,31). The lowest BCUT2D eigenvalue weighted by Gasteiger charge is -2.22. The molecule has 0 saturated carbocycles. The quantitative estimate of drug-likeness (QED) is 0.541. The molecule has 0 aromatic heterocycles. The zero-order valence-corrected chi connectivity index (χ0v) is 17.9. The van der Waals surface area contributed by atoms with E-state index in [-0.39, 0.29) is 0 Å². The van der Waals surface area contributed by atoms with Crippen LogP contribution in [0.2, 0.25) is 5.02 Å². The van der Waals surface area contributed by atoms with Crippen molar-refractivity contribution in [3.63, 3.8) is 0 Å². The van der Waals surface area contributed by atoms with Crippen molar-refractivity contribution in [2.45, 2.75) is 12.5 Å². The summed E-state index contributed by atoms with van der Waals surface area (Å²) in [6.07, 6.45) is 0. The molecule has 32 heavy (non-hydrogen) atoms. The second kappa shape index (κ2) is 8.72. The number of imide groups is 1. The Morgan fingerprint density at radius 2 is 1.69 bits per heavy atom. The highest BCUT2D eigenvalue weighted by Gasteiger charge is 2.49. The van der Waals surface area contributed by atoms with E-state index in [1.807, 2.05) is 30.3 Å². The molecule has 8 heteroatoms. The molecule has 1 fully saturated rings. The highest BCUT2D eigenvalue weighted by Crippen LogP contribution is 2.30. The lowest BCUT2D eigenvalue weighted by Crippen LogP contribution is -2.42. The largest absolute Gasteiger partial charge is 0.457 e. The maximum absolute atomic E-state index is 13.0. The number of nitrogens with zero attached hydrogens (tertiary/aromatic N) is 1. The average Bonchev–Trinajstić information content (AvgIpc) is 3.00. The van der Waals surface area contributed by atoms with Gasteiger partial charge in [0.1, 0.15) is 23.6 Å². The summed E-state index contributed by atoms with van der Waals surface area (Å²) in [5, 5.41) is 5.79. The molecule has 162 valence electrons. The molecule has 4 amide bonds. The third-order valence-corrected chi connectivity index (χ3v) is 5.33. The van der Waals surface area contributed by atoms with Crippen molar-refractivity contribution in [3.8, 4) is 11.5 Å². The molecule has 4 rings (SSSR count). The Balaban J connectivity index is 1.39. The molecule has 1 unspecified atom stereocenters. The molecular formula is C24H20ClN3O4. The van der Waals surface area contributed by atoms with Crippen LogP contribution >= 0.6 is 11.6 Å². The molecule has 3 aromatic carbocycles. The van der Waals surface area contributed by atoms with Gasteiger partial charge in [0.25, 0.3) is 5.91 Å². The Hall–Kier alpha value is -3.84. The SMILES string of the molecule is CC1(c2cccc(Cl)c2)NC(=O)N(CC(=O)Nc2ccc(Oc3ccccc3)cc2)C1=O. The molecular weight excluding hydrogens is 430 g/mol. The monoisotopic (exact) mass is 449 g/mol. The first-order valence-electron chi connectivity index (χ1n) is 9.88. The summed E-state index contributed by atoms with van der Waals surface area (Å²) in [4.78, 5) is 38.8. The van der Waals surface area contributed by atoms with Gasteiger partial charge in [-0.15, -0.1) is 0 Å². The van der Waals surface area contributed by atoms with Crippen LogP contribution < -0.4 is 15.4 Å². The molecule has 1 heterocycles. The minimum atomic E-state index is -1.29. The van der Waals surface area contributed by atoms with Crippen LogP contribution in [0.5, 0.6) is 11.5 Å². The minimum Gasteiger partial charge on any atom is -0.457 e. The third kappa shape index (κ3) is 4.43. The fourth-order valence-corrected chi connectivity index (χ4v) is 3.60. The first kappa shape index (κ1) is 21.4. The molecule has 0 radical (unpaired) electrons. The van der Waals surface area contributed by atoms with Crippen molar-refractivity contribution >= 4 is 35.1 Å². The first-order chi connectivity index (χ1) is 15.3. The van der Waals surface area contributed by atoms with Gasteiger partial charge in [-0.2, -0.15) is 0 Å². The predicted octanol–water partition coefficient (Wildman–Crippen LogP) is 4.54. The van der Waals surface area contributed by atoms with Gasteiger partial charge in [0, 0.05) is 10.7 Å². The van der Waals surface area contributed by atoms with Crippen LogP contribution in [0.4, 0.5) is 10.5 Å². The van der Waals surface area contributed by atoms with Gasteiger partial charge >= 0.3 is 6.03 Å². The molecule has 1 aliphatic heterocycles. The number of amides is 4. The van der Waals surface area contributed by atoms with Gasteiger partial charge in [-0.3, -0.25) is 14.5 Å². The number of urea groups is 1. The Bertz CT molecular complexity index is 1170. The van der Waals surface area contributed by atoms with Crippen LogP contribution in [0, 0.1) is 0 Å². The van der Waals surface area contributed by atoms with E-state index in [1.165, 1.54) is 0 Å². The number of hydrogen-bond donors (Lipinski definition) is 2. The number of carbonyl (C=O) groups is 3. The molecule has 0 bridgehead atoms. The van der Waals surface area contributed by atoms with Crippen LogP contribution in [-0.4, -0.2) is 29.3 Å². The second-order valence-electron chi connectivity index (χ2n) is 7.44. The van der Waals surface area contributed by atoms with Gasteiger partial charge in [-0.25, -0.2) is 4.79 Å². The van der Waals surface area contributed by atoms with E-state index >= 15 is 0 Å². The van der Waals surface area contributed by atoms with Crippen LogP contribution in [0.1, 0.15) is 12.5 Å². The van der Waals surface area contributed by atoms with E-state index in [0.29, 0.717) is 27.8 Å². The van der Waals surface area contributed by atoms with E-state index in [4.69, 9.17) is 16.3 Å². The molecule has 1 aliphatic rings. The highest BCUT2D eigenvalue weighted by molar-refractivity contribution is 6.30. The fourth-order valence-electron chi connectivity index (χ4n) is 3.41. The third-order valence-electron chi connectivity index (χ3n) is 5.10. The van der Waals surface area contributed by atoms with Gasteiger partial charge < -0.3 is 15.4 Å². The molecule has 0 spiro atoms. The molecule has 1 atom stereocenters. The lowest BCUT2D eigenvalue weighted by molar-refractivity contribution is -0.133. The lowest BCUT2D eigenvalue weighted by atomic mass is 9.92. The average molecular weight is 450 g/mol. The number of para-hydroxylation sites is 1. The first-order valence-corrected chi connectivity index (χ1v) is 10.3. The maximum atomic E-state index is 13.0. The van der Waals surface area contributed by atoms with Gasteiger partial charge in [0.15, 0.2) is 0 Å². The maximum Gasteiger partial charge on any atom is 0.325 e. The number of carbonyl (C=O) groups excluding carboxylic acids is 3. The summed E-state index contributed by atoms with van der Waals surface area (Å²) in [5.74, 6) is 0.290. The van der Waals surface area contributed by atoms with Crippen LogP contribution in [0.15, 0.2) is 78.9 Å². The molecule has 7 nitrogen and oxygen atoms in total. The molecule has 2 N–H and O–H groups in total. The second-order valence-corrected chi connectivity index (χ2v) is 7.88. The van der Waals surface area contributed by atoms with Crippen molar-refractivity contribution in [2.75, 3.05) is 11.9 Å². The van der Waals surface area contributed by atoms with Crippen molar-refractivity contribution in [1.29, 1.82) is 0 Å². The summed E-state index contributed by atoms with van der Waals surface area (Å²) < 4.78 is 5.72. The Morgan fingerprint density at radius 1 is 1.00 bits per heavy atom. The number of rotatable bonds is 6. The minimum absolute atomic E-state index is 0.414. The molecule has 0 aliphatic carbocycles. The van der Waals surface area contributed by atoms with E-state index in [2.05, 4.69) is 10.6 Å². The zero-order chi connectivity index (χ0) is 22.7. The smallest absolute Gasteiger partial charge is 0.325 e. The van der Waals surface area contributed by atoms with Crippen LogP contribution in [0.3, 0.4) is 0 Å². The van der Waals surface area contributed by atoms with Gasteiger partial charge in [-0.05, 0) is 61.0 Å².